The van der Waals surface area contributed by atoms with Crippen LogP contribution in [0, 0.1) is 5.82 Å². The number of imidazole rings is 1. The van der Waals surface area contributed by atoms with Crippen molar-refractivity contribution < 1.29 is 18.8 Å². The molecule has 6 rings (SSSR count). The smallest absolute Gasteiger partial charge is 0.247 e. The van der Waals surface area contributed by atoms with Crippen LogP contribution >= 0.6 is 0 Å². The molecule has 1 aromatic heterocycles. The van der Waals surface area contributed by atoms with Gasteiger partial charge in [0, 0.05) is 24.7 Å². The van der Waals surface area contributed by atoms with Gasteiger partial charge in [0.15, 0.2) is 0 Å². The first-order valence-corrected chi connectivity index (χ1v) is 15.2. The zero-order valence-corrected chi connectivity index (χ0v) is 24.9. The Labute approximate surface area is 255 Å². The molecule has 44 heavy (non-hydrogen) atoms. The van der Waals surface area contributed by atoms with E-state index in [0.29, 0.717) is 30.7 Å². The lowest BCUT2D eigenvalue weighted by Gasteiger charge is -2.39. The molecule has 4 atom stereocenters. The fourth-order valence-corrected chi connectivity index (χ4v) is 6.38. The van der Waals surface area contributed by atoms with Gasteiger partial charge in [-0.1, -0.05) is 54.6 Å². The molecule has 3 amide bonds. The molecule has 3 aromatic carbocycles. The second-order valence-electron chi connectivity index (χ2n) is 11.7. The number of benzene rings is 3. The standard InChI is InChI=1S/C34H37FN6O3/c1-21(36-2)33(43)38-28-20-40(30(42)18-22-8-4-3-5-9-22)17-16-25-14-15-29(41(25)34(28)44)32-37-27-13-7-12-26(31(27)39-32)23-10-6-11-24(35)19-23/h3-13,19,21,25,28-29,36H,14-18,20H2,1-2H3,(H,37,39)(H,38,43)/t21-,25+,28-,29-/m0/s1. The summed E-state index contributed by atoms with van der Waals surface area (Å²) < 4.78 is 14.1. The van der Waals surface area contributed by atoms with E-state index in [-0.39, 0.29) is 48.6 Å². The SMILES string of the molecule is CN[C@@H](C)C(=O)N[C@H]1CN(C(=O)Cc2ccccc2)CC[C@H]2CC[C@@H](c3nc4c(-c5cccc(F)c5)cccc4[nH]3)N2C1=O. The lowest BCUT2D eigenvalue weighted by molar-refractivity contribution is -0.143. The Morgan fingerprint density at radius 1 is 1.05 bits per heavy atom. The monoisotopic (exact) mass is 596 g/mol. The quantitative estimate of drug-likeness (QED) is 0.299. The second-order valence-corrected chi connectivity index (χ2v) is 11.7. The van der Waals surface area contributed by atoms with Crippen molar-refractivity contribution in [1.29, 1.82) is 0 Å². The van der Waals surface area contributed by atoms with Crippen LogP contribution in [0.15, 0.2) is 72.8 Å². The Morgan fingerprint density at radius 3 is 2.61 bits per heavy atom. The van der Waals surface area contributed by atoms with Crippen molar-refractivity contribution in [2.75, 3.05) is 20.1 Å². The maximum Gasteiger partial charge on any atom is 0.247 e. The molecular formula is C34H37FN6O3. The van der Waals surface area contributed by atoms with Gasteiger partial charge in [-0.05, 0) is 62.6 Å². The van der Waals surface area contributed by atoms with E-state index in [1.165, 1.54) is 12.1 Å². The number of hydrogen-bond acceptors (Lipinski definition) is 5. The number of likely N-dealkylation sites (N-methyl/N-ethyl adjacent to an activating group) is 1. The molecule has 9 nitrogen and oxygen atoms in total. The Hall–Kier alpha value is -4.57. The summed E-state index contributed by atoms with van der Waals surface area (Å²) in [7, 11) is 1.69. The molecule has 2 saturated heterocycles. The summed E-state index contributed by atoms with van der Waals surface area (Å²) in [5, 5.41) is 5.86. The van der Waals surface area contributed by atoms with E-state index in [9.17, 15) is 18.8 Å². The van der Waals surface area contributed by atoms with Gasteiger partial charge in [-0.3, -0.25) is 14.4 Å². The first kappa shape index (κ1) is 29.5. The minimum absolute atomic E-state index is 0.0740. The van der Waals surface area contributed by atoms with Crippen molar-refractivity contribution in [2.24, 2.45) is 0 Å². The molecule has 0 unspecified atom stereocenters. The summed E-state index contributed by atoms with van der Waals surface area (Å²) in [5.41, 5.74) is 3.94. The van der Waals surface area contributed by atoms with E-state index in [4.69, 9.17) is 4.98 Å². The zero-order chi connectivity index (χ0) is 30.8. The molecule has 2 fully saturated rings. The number of amides is 3. The molecule has 2 aliphatic rings. The first-order valence-electron chi connectivity index (χ1n) is 15.2. The summed E-state index contributed by atoms with van der Waals surface area (Å²) >= 11 is 0. The van der Waals surface area contributed by atoms with Crippen molar-refractivity contribution in [3.05, 3.63) is 90.0 Å². The Morgan fingerprint density at radius 2 is 1.84 bits per heavy atom. The van der Waals surface area contributed by atoms with Crippen LogP contribution in [-0.4, -0.2) is 75.8 Å². The Kier molecular flexibility index (Phi) is 8.43. The average molecular weight is 597 g/mol. The van der Waals surface area contributed by atoms with Gasteiger partial charge in [-0.25, -0.2) is 9.37 Å². The van der Waals surface area contributed by atoms with Crippen LogP contribution in [-0.2, 0) is 20.8 Å². The zero-order valence-electron chi connectivity index (χ0n) is 24.9. The van der Waals surface area contributed by atoms with Crippen LogP contribution in [0.5, 0.6) is 0 Å². The van der Waals surface area contributed by atoms with E-state index in [1.807, 2.05) is 59.5 Å². The molecule has 0 spiro atoms. The number of rotatable bonds is 7. The van der Waals surface area contributed by atoms with E-state index < -0.39 is 12.1 Å². The number of carbonyl (C=O) groups excluding carboxylic acids is 3. The summed E-state index contributed by atoms with van der Waals surface area (Å²) in [5.74, 6) is -0.270. The third-order valence-electron chi connectivity index (χ3n) is 8.87. The number of nitrogens with one attached hydrogen (secondary N) is 3. The highest BCUT2D eigenvalue weighted by molar-refractivity contribution is 5.93. The van der Waals surface area contributed by atoms with E-state index in [2.05, 4.69) is 15.6 Å². The van der Waals surface area contributed by atoms with Crippen molar-refractivity contribution in [1.82, 2.24) is 30.4 Å². The normalized spacial score (nSPS) is 21.1. The Balaban J connectivity index is 1.30. The lowest BCUT2D eigenvalue weighted by atomic mass is 10.0. The van der Waals surface area contributed by atoms with Gasteiger partial charge in [0.05, 0.1) is 29.5 Å². The van der Waals surface area contributed by atoms with Crippen LogP contribution in [0.25, 0.3) is 22.2 Å². The van der Waals surface area contributed by atoms with Crippen LogP contribution in [0.2, 0.25) is 0 Å². The highest BCUT2D eigenvalue weighted by atomic mass is 19.1. The lowest BCUT2D eigenvalue weighted by Crippen LogP contribution is -2.60. The number of aromatic nitrogens is 2. The molecule has 3 N–H and O–H groups in total. The topological polar surface area (TPSA) is 110 Å². The number of hydrogen-bond donors (Lipinski definition) is 3. The number of fused-ring (bicyclic) bond motifs is 2. The number of para-hydroxylation sites is 1. The summed E-state index contributed by atoms with van der Waals surface area (Å²) in [4.78, 5) is 52.8. The molecule has 0 saturated carbocycles. The van der Waals surface area contributed by atoms with Gasteiger partial charge in [-0.2, -0.15) is 0 Å². The molecule has 2 aliphatic heterocycles. The number of aromatic amines is 1. The second kappa shape index (κ2) is 12.6. The van der Waals surface area contributed by atoms with Gasteiger partial charge >= 0.3 is 0 Å². The van der Waals surface area contributed by atoms with E-state index in [0.717, 1.165) is 28.6 Å². The molecule has 0 bridgehead atoms. The average Bonchev–Trinajstić information content (AvgIpc) is 3.65. The molecular weight excluding hydrogens is 559 g/mol. The Bertz CT molecular complexity index is 1670. The maximum atomic E-state index is 14.3. The van der Waals surface area contributed by atoms with Crippen molar-refractivity contribution in [3.8, 4) is 11.1 Å². The molecule has 0 aliphatic carbocycles. The minimum atomic E-state index is -0.909. The summed E-state index contributed by atoms with van der Waals surface area (Å²) in [6, 6.07) is 19.8. The largest absolute Gasteiger partial charge is 0.341 e. The predicted molar refractivity (Wildman–Crippen MR) is 166 cm³/mol. The van der Waals surface area contributed by atoms with Gasteiger partial charge in [-0.15, -0.1) is 0 Å². The predicted octanol–water partition coefficient (Wildman–Crippen LogP) is 3.97. The van der Waals surface area contributed by atoms with Gasteiger partial charge in [0.1, 0.15) is 17.7 Å². The fourth-order valence-electron chi connectivity index (χ4n) is 6.38. The highest BCUT2D eigenvalue weighted by Crippen LogP contribution is 2.39. The summed E-state index contributed by atoms with van der Waals surface area (Å²) in [6.45, 7) is 2.30. The maximum absolute atomic E-state index is 14.3. The number of halogens is 1. The number of H-pyrrole nitrogens is 1. The van der Waals surface area contributed by atoms with Gasteiger partial charge in [0.25, 0.3) is 0 Å². The van der Waals surface area contributed by atoms with Gasteiger partial charge in [0.2, 0.25) is 17.7 Å². The van der Waals surface area contributed by atoms with Crippen LogP contribution in [0.3, 0.4) is 0 Å². The molecule has 3 heterocycles. The third kappa shape index (κ3) is 5.94. The molecule has 4 aromatic rings. The number of carbonyl (C=O) groups is 3. The van der Waals surface area contributed by atoms with E-state index >= 15 is 0 Å². The highest BCUT2D eigenvalue weighted by Gasteiger charge is 2.44. The number of nitrogens with zero attached hydrogens (tertiary/aromatic N) is 3. The van der Waals surface area contributed by atoms with Crippen molar-refractivity contribution in [3.63, 3.8) is 0 Å². The van der Waals surface area contributed by atoms with Crippen LogP contribution in [0.4, 0.5) is 4.39 Å². The molecule has 0 radical (unpaired) electrons. The van der Waals surface area contributed by atoms with Crippen LogP contribution < -0.4 is 10.6 Å². The first-order chi connectivity index (χ1) is 21.3. The van der Waals surface area contributed by atoms with Crippen molar-refractivity contribution in [2.45, 2.75) is 56.8 Å². The van der Waals surface area contributed by atoms with Crippen molar-refractivity contribution >= 4 is 28.8 Å². The summed E-state index contributed by atoms with van der Waals surface area (Å²) in [6.07, 6.45) is 2.30. The molecule has 228 valence electrons. The molecule has 10 heteroatoms. The van der Waals surface area contributed by atoms with E-state index in [1.54, 1.807) is 24.9 Å². The van der Waals surface area contributed by atoms with Crippen LogP contribution in [0.1, 0.15) is 43.6 Å². The third-order valence-corrected chi connectivity index (χ3v) is 8.87. The fraction of sp³-hybridized carbons (Fsp3) is 0.353. The van der Waals surface area contributed by atoms with Gasteiger partial charge < -0.3 is 25.4 Å². The minimum Gasteiger partial charge on any atom is -0.341 e.